The summed E-state index contributed by atoms with van der Waals surface area (Å²) in [5.41, 5.74) is 6.44. The van der Waals surface area contributed by atoms with Crippen LogP contribution in [0.15, 0.2) is 41.1 Å². The number of anilines is 1. The highest BCUT2D eigenvalue weighted by molar-refractivity contribution is 5.95. The van der Waals surface area contributed by atoms with Gasteiger partial charge in [0.05, 0.1) is 16.8 Å². The quantitative estimate of drug-likeness (QED) is 0.299. The molecule has 39 heavy (non-hydrogen) atoms. The monoisotopic (exact) mass is 524 g/mol. The van der Waals surface area contributed by atoms with Gasteiger partial charge in [-0.3, -0.25) is 14.8 Å². The van der Waals surface area contributed by atoms with E-state index in [1.165, 1.54) is 4.90 Å². The average molecular weight is 525 g/mol. The molecule has 0 atom stereocenters. The molecule has 5 heterocycles. The highest BCUT2D eigenvalue weighted by atomic mass is 16.5. The molecule has 1 fully saturated rings. The minimum atomic E-state index is -0.108. The second-order valence-corrected chi connectivity index (χ2v) is 10.4. The Bertz CT molecular complexity index is 1580. The molecule has 200 valence electrons. The fourth-order valence-electron chi connectivity index (χ4n) is 4.87. The summed E-state index contributed by atoms with van der Waals surface area (Å²) in [5, 5.41) is 3.48. The van der Waals surface area contributed by atoms with Gasteiger partial charge in [0.15, 0.2) is 17.0 Å². The van der Waals surface area contributed by atoms with Crippen LogP contribution < -0.4 is 5.32 Å². The number of carbonyl (C=O) groups excluding carboxylic acids is 1. The van der Waals surface area contributed by atoms with Crippen LogP contribution in [-0.2, 0) is 4.74 Å². The second-order valence-electron chi connectivity index (χ2n) is 10.4. The number of rotatable bonds is 6. The number of hydrogen-bond donors (Lipinski definition) is 1. The molecule has 1 amide bonds. The van der Waals surface area contributed by atoms with Crippen LogP contribution in [0.3, 0.4) is 0 Å². The van der Waals surface area contributed by atoms with E-state index in [-0.39, 0.29) is 17.9 Å². The minimum absolute atomic E-state index is 0.108. The fourth-order valence-corrected chi connectivity index (χ4v) is 4.87. The van der Waals surface area contributed by atoms with E-state index in [1.54, 1.807) is 20.3 Å². The lowest BCUT2D eigenvalue weighted by molar-refractivity contribution is 0.0827. The van der Waals surface area contributed by atoms with Crippen LogP contribution in [0, 0.1) is 13.5 Å². The van der Waals surface area contributed by atoms with E-state index in [4.69, 9.17) is 20.7 Å². The van der Waals surface area contributed by atoms with Crippen LogP contribution in [0.1, 0.15) is 54.1 Å². The topological polar surface area (TPSA) is 97.7 Å². The largest absolute Gasteiger partial charge is 0.452 e. The number of furan rings is 1. The fraction of sp³-hybridized carbons (Fsp3) is 0.367. The van der Waals surface area contributed by atoms with Gasteiger partial charge in [0, 0.05) is 51.8 Å². The smallest absolute Gasteiger partial charge is 0.293 e. The number of aromatic nitrogens is 3. The van der Waals surface area contributed by atoms with E-state index in [0.717, 1.165) is 35.2 Å². The van der Waals surface area contributed by atoms with Gasteiger partial charge in [-0.25, -0.2) is 0 Å². The molecule has 0 spiro atoms. The van der Waals surface area contributed by atoms with Crippen molar-refractivity contribution in [2.45, 2.75) is 45.6 Å². The third-order valence-electron chi connectivity index (χ3n) is 6.98. The molecule has 1 N–H and O–H groups in total. The van der Waals surface area contributed by atoms with E-state index >= 15 is 0 Å². The summed E-state index contributed by atoms with van der Waals surface area (Å²) in [7, 11) is 3.43. The molecule has 0 aliphatic carbocycles. The molecular weight excluding hydrogens is 492 g/mol. The minimum Gasteiger partial charge on any atom is -0.452 e. The lowest BCUT2D eigenvalue weighted by Crippen LogP contribution is -2.27. The van der Waals surface area contributed by atoms with Gasteiger partial charge in [0.25, 0.3) is 11.7 Å². The first-order valence-corrected chi connectivity index (χ1v) is 13.1. The lowest BCUT2D eigenvalue weighted by Gasteiger charge is -2.24. The maximum absolute atomic E-state index is 12.4. The highest BCUT2D eigenvalue weighted by Gasteiger charge is 2.24. The summed E-state index contributed by atoms with van der Waals surface area (Å²) < 4.78 is 11.9. The van der Waals surface area contributed by atoms with Crippen molar-refractivity contribution in [2.24, 2.45) is 0 Å². The number of aryl methyl sites for hydroxylation is 1. The van der Waals surface area contributed by atoms with Crippen LogP contribution in [0.5, 0.6) is 0 Å². The molecule has 4 aromatic heterocycles. The van der Waals surface area contributed by atoms with Crippen molar-refractivity contribution < 1.29 is 13.9 Å². The molecule has 1 saturated heterocycles. The standard InChI is InChI=1S/C30H32N6O3/c1-17(2)21-16-32-24-14-25(27-18(3)13-19(15-33-27)30(37)36(5)6)39-28(24)26(21)22-7-8-23(29(31-4)35-22)34-20-9-11-38-12-10-20/h7-8,13-17,20,34H,9-12H2,1-3,5-6H3. The van der Waals surface area contributed by atoms with E-state index in [1.807, 2.05) is 37.4 Å². The summed E-state index contributed by atoms with van der Waals surface area (Å²) in [6.45, 7) is 15.3. The van der Waals surface area contributed by atoms with Gasteiger partial charge in [-0.15, -0.1) is 4.98 Å². The number of hydrogen-bond acceptors (Lipinski definition) is 7. The molecule has 0 unspecified atom stereocenters. The second kappa shape index (κ2) is 10.8. The van der Waals surface area contributed by atoms with E-state index < -0.39 is 0 Å². The Morgan fingerprint density at radius 1 is 1.15 bits per heavy atom. The van der Waals surface area contributed by atoms with Crippen molar-refractivity contribution in [2.75, 3.05) is 32.6 Å². The van der Waals surface area contributed by atoms with Gasteiger partial charge in [0.2, 0.25) is 0 Å². The molecule has 1 aliphatic heterocycles. The molecule has 1 aliphatic rings. The van der Waals surface area contributed by atoms with Gasteiger partial charge in [-0.2, -0.15) is 0 Å². The Morgan fingerprint density at radius 3 is 2.59 bits per heavy atom. The van der Waals surface area contributed by atoms with E-state index in [0.29, 0.717) is 52.8 Å². The molecule has 9 heteroatoms. The third-order valence-corrected chi connectivity index (χ3v) is 6.98. The van der Waals surface area contributed by atoms with Crippen molar-refractivity contribution in [3.8, 4) is 22.7 Å². The Kier molecular flexibility index (Phi) is 7.31. The zero-order valence-corrected chi connectivity index (χ0v) is 22.9. The molecular formula is C30H32N6O3. The number of nitrogens with one attached hydrogen (secondary N) is 1. The average Bonchev–Trinajstić information content (AvgIpc) is 3.36. The molecule has 9 nitrogen and oxygen atoms in total. The number of ether oxygens (including phenoxy) is 1. The molecule has 0 radical (unpaired) electrons. The van der Waals surface area contributed by atoms with Crippen molar-refractivity contribution in [3.63, 3.8) is 0 Å². The summed E-state index contributed by atoms with van der Waals surface area (Å²) >= 11 is 0. The van der Waals surface area contributed by atoms with Crippen LogP contribution in [0.25, 0.3) is 38.7 Å². The van der Waals surface area contributed by atoms with Gasteiger partial charge >= 0.3 is 0 Å². The zero-order chi connectivity index (χ0) is 27.7. The van der Waals surface area contributed by atoms with Crippen LogP contribution >= 0.6 is 0 Å². The predicted molar refractivity (Wildman–Crippen MR) is 151 cm³/mol. The summed E-state index contributed by atoms with van der Waals surface area (Å²) in [6, 6.07) is 7.80. The Hall–Kier alpha value is -4.29. The summed E-state index contributed by atoms with van der Waals surface area (Å²) in [5.74, 6) is 0.928. The van der Waals surface area contributed by atoms with Crippen LogP contribution in [-0.4, -0.2) is 59.1 Å². The first-order valence-electron chi connectivity index (χ1n) is 13.1. The molecule has 4 aromatic rings. The van der Waals surface area contributed by atoms with Gasteiger partial charge in [-0.05, 0) is 55.0 Å². The van der Waals surface area contributed by atoms with Crippen molar-refractivity contribution >= 4 is 28.5 Å². The molecule has 0 aromatic carbocycles. The molecule has 5 rings (SSSR count). The number of fused-ring (bicyclic) bond motifs is 1. The summed E-state index contributed by atoms with van der Waals surface area (Å²) in [4.78, 5) is 31.7. The van der Waals surface area contributed by atoms with Crippen molar-refractivity contribution in [1.82, 2.24) is 19.9 Å². The summed E-state index contributed by atoms with van der Waals surface area (Å²) in [6.07, 6.45) is 5.22. The van der Waals surface area contributed by atoms with Crippen molar-refractivity contribution in [1.29, 1.82) is 0 Å². The third kappa shape index (κ3) is 5.20. The Morgan fingerprint density at radius 2 is 1.92 bits per heavy atom. The Balaban J connectivity index is 1.58. The SMILES string of the molecule is [C-]#[N+]c1nc(-c2c(C(C)C)cnc3cc(-c4ncc(C(=O)N(C)C)cc4C)oc23)ccc1NC1CCOCC1. The van der Waals surface area contributed by atoms with E-state index in [9.17, 15) is 4.79 Å². The lowest BCUT2D eigenvalue weighted by atomic mass is 9.96. The first-order chi connectivity index (χ1) is 18.8. The Labute approximate surface area is 228 Å². The normalized spacial score (nSPS) is 14.0. The predicted octanol–water partition coefficient (Wildman–Crippen LogP) is 6.23. The molecule has 0 bridgehead atoms. The van der Waals surface area contributed by atoms with Gasteiger partial charge in [0.1, 0.15) is 11.2 Å². The maximum Gasteiger partial charge on any atom is 0.293 e. The van der Waals surface area contributed by atoms with Gasteiger partial charge in [-0.1, -0.05) is 20.4 Å². The highest BCUT2D eigenvalue weighted by Crippen LogP contribution is 2.39. The maximum atomic E-state index is 12.4. The van der Waals surface area contributed by atoms with Crippen molar-refractivity contribution in [3.05, 3.63) is 64.8 Å². The van der Waals surface area contributed by atoms with Crippen LogP contribution in [0.4, 0.5) is 11.5 Å². The molecule has 0 saturated carbocycles. The number of amides is 1. The number of carbonyl (C=O) groups is 1. The zero-order valence-electron chi connectivity index (χ0n) is 22.9. The van der Waals surface area contributed by atoms with E-state index in [2.05, 4.69) is 34.0 Å². The number of nitrogens with zero attached hydrogens (tertiary/aromatic N) is 5. The van der Waals surface area contributed by atoms with Gasteiger partial charge < -0.3 is 24.2 Å². The van der Waals surface area contributed by atoms with Crippen LogP contribution in [0.2, 0.25) is 0 Å². The first kappa shape index (κ1) is 26.3. The number of pyridine rings is 3.